The fraction of sp³-hybridized carbons (Fsp3) is 0.562. The molecule has 2 unspecified atom stereocenters. The first-order valence-corrected chi connectivity index (χ1v) is 9.47. The first-order valence-electron chi connectivity index (χ1n) is 7.63. The van der Waals surface area contributed by atoms with Crippen LogP contribution in [-0.4, -0.2) is 37.5 Å². The molecular weight excluding hydrogens is 300 g/mol. The van der Waals surface area contributed by atoms with E-state index in [4.69, 9.17) is 0 Å². The van der Waals surface area contributed by atoms with E-state index in [0.29, 0.717) is 13.0 Å². The van der Waals surface area contributed by atoms with Crippen LogP contribution in [0.15, 0.2) is 24.3 Å². The molecule has 1 N–H and O–H groups in total. The number of hydrogen-bond acceptors (Lipinski definition) is 3. The summed E-state index contributed by atoms with van der Waals surface area (Å²) in [5, 5.41) is 2.94. The Kier molecular flexibility index (Phi) is 5.24. The number of piperidine rings is 1. The second kappa shape index (κ2) is 6.79. The van der Waals surface area contributed by atoms with Crippen molar-refractivity contribution in [3.8, 4) is 0 Å². The van der Waals surface area contributed by atoms with E-state index in [1.807, 2.05) is 38.1 Å². The van der Waals surface area contributed by atoms with Gasteiger partial charge in [-0.2, -0.15) is 4.31 Å². The van der Waals surface area contributed by atoms with Gasteiger partial charge >= 0.3 is 0 Å². The number of amides is 1. The number of benzene rings is 1. The molecule has 1 amide bonds. The van der Waals surface area contributed by atoms with E-state index in [2.05, 4.69) is 5.32 Å². The Morgan fingerprint density at radius 2 is 1.91 bits per heavy atom. The van der Waals surface area contributed by atoms with Gasteiger partial charge in [-0.15, -0.1) is 0 Å². The average molecular weight is 324 g/mol. The molecule has 1 fully saturated rings. The Balaban J connectivity index is 2.08. The molecule has 2 rings (SSSR count). The molecule has 1 aromatic carbocycles. The summed E-state index contributed by atoms with van der Waals surface area (Å²) in [6.45, 7) is 4.35. The molecule has 22 heavy (non-hydrogen) atoms. The van der Waals surface area contributed by atoms with E-state index in [-0.39, 0.29) is 11.9 Å². The lowest BCUT2D eigenvalue weighted by Crippen LogP contribution is -2.51. The normalized spacial score (nSPS) is 21.3. The molecule has 1 saturated heterocycles. The molecule has 0 saturated carbocycles. The molecule has 0 bridgehead atoms. The van der Waals surface area contributed by atoms with E-state index in [9.17, 15) is 13.2 Å². The second-order valence-corrected chi connectivity index (χ2v) is 7.96. The van der Waals surface area contributed by atoms with Crippen molar-refractivity contribution < 1.29 is 13.2 Å². The van der Waals surface area contributed by atoms with Gasteiger partial charge in [-0.3, -0.25) is 4.79 Å². The first-order chi connectivity index (χ1) is 10.3. The minimum Gasteiger partial charge on any atom is -0.348 e. The van der Waals surface area contributed by atoms with Gasteiger partial charge in [-0.05, 0) is 32.3 Å². The molecule has 0 radical (unpaired) electrons. The van der Waals surface area contributed by atoms with Crippen LogP contribution < -0.4 is 5.32 Å². The van der Waals surface area contributed by atoms with Crippen molar-refractivity contribution >= 4 is 15.9 Å². The third-order valence-electron chi connectivity index (χ3n) is 4.12. The third kappa shape index (κ3) is 4.08. The van der Waals surface area contributed by atoms with Crippen LogP contribution in [0.25, 0.3) is 0 Å². The van der Waals surface area contributed by atoms with Crippen molar-refractivity contribution in [3.63, 3.8) is 0 Å². The molecule has 1 aliphatic rings. The molecule has 6 heteroatoms. The van der Waals surface area contributed by atoms with Crippen LogP contribution in [0.1, 0.15) is 43.4 Å². The highest BCUT2D eigenvalue weighted by Gasteiger charge is 2.34. The van der Waals surface area contributed by atoms with Gasteiger partial charge in [0.05, 0.1) is 12.3 Å². The van der Waals surface area contributed by atoms with Gasteiger partial charge in [0.15, 0.2) is 0 Å². The predicted molar refractivity (Wildman–Crippen MR) is 86.9 cm³/mol. The quantitative estimate of drug-likeness (QED) is 0.921. The topological polar surface area (TPSA) is 66.5 Å². The minimum atomic E-state index is -3.35. The number of hydrogen-bond donors (Lipinski definition) is 1. The van der Waals surface area contributed by atoms with E-state index >= 15 is 0 Å². The van der Waals surface area contributed by atoms with Crippen LogP contribution in [0.3, 0.4) is 0 Å². The van der Waals surface area contributed by atoms with Crippen LogP contribution in [0.5, 0.6) is 0 Å². The Hall–Kier alpha value is -1.40. The van der Waals surface area contributed by atoms with Crippen molar-refractivity contribution in [2.24, 2.45) is 0 Å². The Bertz CT molecular complexity index is 625. The summed E-state index contributed by atoms with van der Waals surface area (Å²) in [5.41, 5.74) is 2.18. The molecule has 2 atom stereocenters. The highest BCUT2D eigenvalue weighted by atomic mass is 32.2. The highest BCUT2D eigenvalue weighted by molar-refractivity contribution is 7.88. The summed E-state index contributed by atoms with van der Waals surface area (Å²) in [6.07, 6.45) is 3.44. The molecule has 1 heterocycles. The zero-order valence-electron chi connectivity index (χ0n) is 13.4. The molecule has 0 spiro atoms. The third-order valence-corrected chi connectivity index (χ3v) is 5.41. The zero-order chi connectivity index (χ0) is 16.3. The fourth-order valence-electron chi connectivity index (χ4n) is 2.81. The van der Waals surface area contributed by atoms with Gasteiger partial charge in [-0.1, -0.05) is 36.2 Å². The van der Waals surface area contributed by atoms with Crippen molar-refractivity contribution in [3.05, 3.63) is 35.4 Å². The van der Waals surface area contributed by atoms with Gasteiger partial charge in [0.2, 0.25) is 15.9 Å². The number of rotatable bonds is 4. The highest BCUT2D eigenvalue weighted by Crippen LogP contribution is 2.21. The average Bonchev–Trinajstić information content (AvgIpc) is 2.47. The van der Waals surface area contributed by atoms with Gasteiger partial charge in [-0.25, -0.2) is 8.42 Å². The summed E-state index contributed by atoms with van der Waals surface area (Å²) in [6, 6.07) is 7.24. The van der Waals surface area contributed by atoms with Gasteiger partial charge < -0.3 is 5.32 Å². The van der Waals surface area contributed by atoms with E-state index in [1.165, 1.54) is 10.6 Å². The molecular formula is C16H24N2O3S. The molecule has 1 aliphatic heterocycles. The standard InChI is InChI=1S/C16H24N2O3S/c1-12-7-9-14(10-8-12)13(2)17-16(19)15-6-4-5-11-18(15)22(3,20)21/h7-10,13,15H,4-6,11H2,1-3H3,(H,17,19). The number of sulfonamides is 1. The zero-order valence-corrected chi connectivity index (χ0v) is 14.2. The summed E-state index contributed by atoms with van der Waals surface area (Å²) < 4.78 is 25.0. The number of carbonyl (C=O) groups excluding carboxylic acids is 1. The number of aryl methyl sites for hydroxylation is 1. The van der Waals surface area contributed by atoms with Crippen molar-refractivity contribution in [2.45, 2.75) is 45.2 Å². The predicted octanol–water partition coefficient (Wildman–Crippen LogP) is 1.99. The number of carbonyl (C=O) groups is 1. The van der Waals surface area contributed by atoms with Crippen LogP contribution in [0.4, 0.5) is 0 Å². The Labute approximate surface area is 132 Å². The maximum atomic E-state index is 12.5. The van der Waals surface area contributed by atoms with Gasteiger partial charge in [0.25, 0.3) is 0 Å². The Morgan fingerprint density at radius 3 is 2.50 bits per heavy atom. The van der Waals surface area contributed by atoms with Crippen LogP contribution in [-0.2, 0) is 14.8 Å². The monoisotopic (exact) mass is 324 g/mol. The van der Waals surface area contributed by atoms with Crippen molar-refractivity contribution in [1.82, 2.24) is 9.62 Å². The van der Waals surface area contributed by atoms with Crippen molar-refractivity contribution in [1.29, 1.82) is 0 Å². The number of nitrogens with zero attached hydrogens (tertiary/aromatic N) is 1. The van der Waals surface area contributed by atoms with E-state index in [1.54, 1.807) is 0 Å². The summed E-state index contributed by atoms with van der Waals surface area (Å²) >= 11 is 0. The summed E-state index contributed by atoms with van der Waals surface area (Å²) in [5.74, 6) is -0.210. The maximum Gasteiger partial charge on any atom is 0.238 e. The molecule has 1 aromatic rings. The lowest BCUT2D eigenvalue weighted by molar-refractivity contribution is -0.126. The molecule has 0 aliphatic carbocycles. The van der Waals surface area contributed by atoms with E-state index < -0.39 is 16.1 Å². The van der Waals surface area contributed by atoms with Crippen LogP contribution in [0, 0.1) is 6.92 Å². The minimum absolute atomic E-state index is 0.142. The smallest absolute Gasteiger partial charge is 0.238 e. The SMILES string of the molecule is Cc1ccc(C(C)NC(=O)C2CCCCN2S(C)(=O)=O)cc1. The lowest BCUT2D eigenvalue weighted by atomic mass is 10.0. The van der Waals surface area contributed by atoms with Crippen LogP contribution >= 0.6 is 0 Å². The van der Waals surface area contributed by atoms with E-state index in [0.717, 1.165) is 24.0 Å². The largest absolute Gasteiger partial charge is 0.348 e. The second-order valence-electron chi connectivity index (χ2n) is 6.03. The molecule has 122 valence electrons. The van der Waals surface area contributed by atoms with Crippen LogP contribution in [0.2, 0.25) is 0 Å². The van der Waals surface area contributed by atoms with Gasteiger partial charge in [0, 0.05) is 6.54 Å². The maximum absolute atomic E-state index is 12.5. The van der Waals surface area contributed by atoms with Gasteiger partial charge in [0.1, 0.15) is 6.04 Å². The lowest BCUT2D eigenvalue weighted by Gasteiger charge is -2.33. The summed E-state index contributed by atoms with van der Waals surface area (Å²) in [4.78, 5) is 12.5. The number of nitrogens with one attached hydrogen (secondary N) is 1. The Morgan fingerprint density at radius 1 is 1.27 bits per heavy atom. The summed E-state index contributed by atoms with van der Waals surface area (Å²) in [7, 11) is -3.35. The first kappa shape index (κ1) is 17.0. The molecule has 5 nitrogen and oxygen atoms in total. The molecule has 0 aromatic heterocycles. The van der Waals surface area contributed by atoms with Crippen molar-refractivity contribution in [2.75, 3.05) is 12.8 Å². The fourth-order valence-corrected chi connectivity index (χ4v) is 3.94.